The molecule has 0 saturated carbocycles. The van der Waals surface area contributed by atoms with Crippen LogP contribution in [0.4, 0.5) is 11.4 Å². The minimum Gasteiger partial charge on any atom is -0.325 e. The molecule has 29 heavy (non-hydrogen) atoms. The van der Waals surface area contributed by atoms with Gasteiger partial charge in [0.15, 0.2) is 0 Å². The SMILES string of the molecule is CCc1ccc(NC(=O)CN2c3ccc(Cl)cc3-c3ccccc3S2(=O)=O)cc1. The van der Waals surface area contributed by atoms with E-state index in [0.717, 1.165) is 16.3 Å². The van der Waals surface area contributed by atoms with E-state index in [1.807, 2.05) is 24.3 Å². The summed E-state index contributed by atoms with van der Waals surface area (Å²) >= 11 is 6.15. The average molecular weight is 427 g/mol. The van der Waals surface area contributed by atoms with Crippen LogP contribution in [0.15, 0.2) is 71.6 Å². The summed E-state index contributed by atoms with van der Waals surface area (Å²) < 4.78 is 27.6. The monoisotopic (exact) mass is 426 g/mol. The second kappa shape index (κ2) is 7.54. The Morgan fingerprint density at radius 3 is 2.45 bits per heavy atom. The maximum Gasteiger partial charge on any atom is 0.265 e. The first-order valence-corrected chi connectivity index (χ1v) is 11.0. The fraction of sp³-hybridized carbons (Fsp3) is 0.136. The topological polar surface area (TPSA) is 66.5 Å². The summed E-state index contributed by atoms with van der Waals surface area (Å²) in [7, 11) is -3.88. The minimum absolute atomic E-state index is 0.162. The van der Waals surface area contributed by atoms with Crippen LogP contribution in [-0.2, 0) is 21.2 Å². The Morgan fingerprint density at radius 1 is 1.00 bits per heavy atom. The van der Waals surface area contributed by atoms with E-state index in [1.54, 1.807) is 42.5 Å². The second-order valence-electron chi connectivity index (χ2n) is 6.77. The van der Waals surface area contributed by atoms with E-state index in [4.69, 9.17) is 11.6 Å². The Kier molecular flexibility index (Phi) is 5.06. The third-order valence-electron chi connectivity index (χ3n) is 4.91. The Labute approximate surface area is 175 Å². The number of hydrogen-bond donors (Lipinski definition) is 1. The summed E-state index contributed by atoms with van der Waals surface area (Å²) in [4.78, 5) is 12.8. The smallest absolute Gasteiger partial charge is 0.265 e. The summed E-state index contributed by atoms with van der Waals surface area (Å²) in [5.41, 5.74) is 3.48. The molecule has 0 atom stereocenters. The van der Waals surface area contributed by atoms with Crippen LogP contribution in [0.25, 0.3) is 11.1 Å². The zero-order valence-corrected chi connectivity index (χ0v) is 17.3. The van der Waals surface area contributed by atoms with E-state index < -0.39 is 15.9 Å². The minimum atomic E-state index is -3.88. The van der Waals surface area contributed by atoms with E-state index in [1.165, 1.54) is 0 Å². The number of nitrogens with zero attached hydrogens (tertiary/aromatic N) is 1. The van der Waals surface area contributed by atoms with Crippen molar-refractivity contribution in [3.63, 3.8) is 0 Å². The van der Waals surface area contributed by atoms with Crippen molar-refractivity contribution in [3.05, 3.63) is 77.3 Å². The molecule has 0 bridgehead atoms. The van der Waals surface area contributed by atoms with Crippen LogP contribution in [-0.4, -0.2) is 20.9 Å². The summed E-state index contributed by atoms with van der Waals surface area (Å²) in [5, 5.41) is 3.27. The van der Waals surface area contributed by atoms with Crippen LogP contribution in [0.3, 0.4) is 0 Å². The molecular formula is C22H19ClN2O3S. The highest BCUT2D eigenvalue weighted by atomic mass is 35.5. The lowest BCUT2D eigenvalue weighted by atomic mass is 10.0. The number of carbonyl (C=O) groups is 1. The molecule has 1 heterocycles. The number of aryl methyl sites for hydroxylation is 1. The molecule has 1 N–H and O–H groups in total. The molecule has 3 aromatic carbocycles. The second-order valence-corrected chi connectivity index (χ2v) is 9.04. The first-order chi connectivity index (χ1) is 13.9. The Balaban J connectivity index is 1.69. The van der Waals surface area contributed by atoms with Gasteiger partial charge in [-0.15, -0.1) is 0 Å². The molecule has 1 amide bonds. The van der Waals surface area contributed by atoms with Gasteiger partial charge in [0.2, 0.25) is 5.91 Å². The van der Waals surface area contributed by atoms with Gasteiger partial charge in [0.1, 0.15) is 6.54 Å². The zero-order chi connectivity index (χ0) is 20.6. The molecule has 0 spiro atoms. The third kappa shape index (κ3) is 3.61. The number of sulfonamides is 1. The van der Waals surface area contributed by atoms with E-state index in [-0.39, 0.29) is 11.4 Å². The summed E-state index contributed by atoms with van der Waals surface area (Å²) in [5.74, 6) is -0.418. The standard InChI is InChI=1S/C22H19ClN2O3S/c1-2-15-7-10-17(11-8-15)24-22(26)14-25-20-12-9-16(23)13-19(20)18-5-3-4-6-21(18)29(25,27)28/h3-13H,2,14H2,1H3,(H,24,26). The average Bonchev–Trinajstić information content (AvgIpc) is 2.72. The highest BCUT2D eigenvalue weighted by molar-refractivity contribution is 7.93. The predicted molar refractivity (Wildman–Crippen MR) is 116 cm³/mol. The molecule has 1 aliphatic rings. The van der Waals surface area contributed by atoms with Gasteiger partial charge in [-0.1, -0.05) is 48.9 Å². The van der Waals surface area contributed by atoms with Gasteiger partial charge >= 0.3 is 0 Å². The van der Waals surface area contributed by atoms with Crippen molar-refractivity contribution >= 4 is 38.9 Å². The molecule has 148 valence electrons. The predicted octanol–water partition coefficient (Wildman–Crippen LogP) is 4.72. The number of benzene rings is 3. The van der Waals surface area contributed by atoms with Crippen molar-refractivity contribution in [1.29, 1.82) is 0 Å². The van der Waals surface area contributed by atoms with Crippen molar-refractivity contribution in [1.82, 2.24) is 0 Å². The van der Waals surface area contributed by atoms with E-state index in [0.29, 0.717) is 27.5 Å². The van der Waals surface area contributed by atoms with Gasteiger partial charge in [-0.3, -0.25) is 9.10 Å². The molecule has 0 aliphatic carbocycles. The normalized spacial score (nSPS) is 14.1. The van der Waals surface area contributed by atoms with Gasteiger partial charge in [-0.25, -0.2) is 8.42 Å². The van der Waals surface area contributed by atoms with Gasteiger partial charge < -0.3 is 5.32 Å². The molecule has 1 aliphatic heterocycles. The first-order valence-electron chi connectivity index (χ1n) is 9.20. The number of nitrogens with one attached hydrogen (secondary N) is 1. The van der Waals surface area contributed by atoms with Crippen molar-refractivity contribution in [3.8, 4) is 11.1 Å². The van der Waals surface area contributed by atoms with Gasteiger partial charge in [-0.05, 0) is 48.4 Å². The molecule has 5 nitrogen and oxygen atoms in total. The van der Waals surface area contributed by atoms with Crippen molar-refractivity contribution in [2.45, 2.75) is 18.2 Å². The van der Waals surface area contributed by atoms with Crippen molar-refractivity contribution < 1.29 is 13.2 Å². The molecule has 0 saturated heterocycles. The number of carbonyl (C=O) groups excluding carboxylic acids is 1. The van der Waals surface area contributed by atoms with E-state index >= 15 is 0 Å². The van der Waals surface area contributed by atoms with Crippen LogP contribution in [0.1, 0.15) is 12.5 Å². The fourth-order valence-corrected chi connectivity index (χ4v) is 5.25. The fourth-order valence-electron chi connectivity index (χ4n) is 3.43. The van der Waals surface area contributed by atoms with E-state index in [9.17, 15) is 13.2 Å². The maximum absolute atomic E-state index is 13.2. The largest absolute Gasteiger partial charge is 0.325 e. The number of rotatable bonds is 4. The molecule has 0 fully saturated rings. The Morgan fingerprint density at radius 2 is 1.72 bits per heavy atom. The molecule has 7 heteroatoms. The molecule has 4 rings (SSSR count). The van der Waals surface area contributed by atoms with Crippen LogP contribution in [0.5, 0.6) is 0 Å². The Hall–Kier alpha value is -2.83. The number of hydrogen-bond acceptors (Lipinski definition) is 3. The lowest BCUT2D eigenvalue weighted by Gasteiger charge is -2.31. The summed E-state index contributed by atoms with van der Waals surface area (Å²) in [6.45, 7) is 1.72. The van der Waals surface area contributed by atoms with E-state index in [2.05, 4.69) is 12.2 Å². The van der Waals surface area contributed by atoms with Crippen LogP contribution in [0, 0.1) is 0 Å². The number of anilines is 2. The molecule has 0 unspecified atom stereocenters. The van der Waals surface area contributed by atoms with Crippen LogP contribution < -0.4 is 9.62 Å². The quantitative estimate of drug-likeness (QED) is 0.656. The lowest BCUT2D eigenvalue weighted by molar-refractivity contribution is -0.114. The van der Waals surface area contributed by atoms with Gasteiger partial charge in [0.25, 0.3) is 10.0 Å². The van der Waals surface area contributed by atoms with Crippen molar-refractivity contribution in [2.24, 2.45) is 0 Å². The highest BCUT2D eigenvalue weighted by Crippen LogP contribution is 2.43. The zero-order valence-electron chi connectivity index (χ0n) is 15.7. The Bertz CT molecular complexity index is 1190. The molecule has 0 radical (unpaired) electrons. The van der Waals surface area contributed by atoms with Gasteiger partial charge in [0, 0.05) is 21.8 Å². The van der Waals surface area contributed by atoms with Crippen molar-refractivity contribution in [2.75, 3.05) is 16.2 Å². The summed E-state index contributed by atoms with van der Waals surface area (Å²) in [6.07, 6.45) is 0.902. The highest BCUT2D eigenvalue weighted by Gasteiger charge is 2.35. The number of amides is 1. The van der Waals surface area contributed by atoms with Crippen LogP contribution >= 0.6 is 11.6 Å². The maximum atomic E-state index is 13.2. The van der Waals surface area contributed by atoms with Gasteiger partial charge in [-0.2, -0.15) is 0 Å². The van der Waals surface area contributed by atoms with Gasteiger partial charge in [0.05, 0.1) is 10.6 Å². The molecule has 3 aromatic rings. The number of halogens is 1. The molecular weight excluding hydrogens is 408 g/mol. The third-order valence-corrected chi connectivity index (χ3v) is 6.96. The first kappa shape index (κ1) is 19.5. The van der Waals surface area contributed by atoms with Crippen LogP contribution in [0.2, 0.25) is 5.02 Å². The lowest BCUT2D eigenvalue weighted by Crippen LogP contribution is -2.40. The number of fused-ring (bicyclic) bond motifs is 3. The summed E-state index contributed by atoms with van der Waals surface area (Å²) in [6, 6.07) is 19.2. The molecule has 0 aromatic heterocycles.